The number of hydrogen-bond donors (Lipinski definition) is 1. The average Bonchev–Trinajstić information content (AvgIpc) is 3.54. The number of nitrogens with one attached hydrogen (secondary N) is 1. The van der Waals surface area contributed by atoms with Crippen LogP contribution < -0.4 is 14.8 Å². The molecule has 0 spiro atoms. The molecule has 7 nitrogen and oxygen atoms in total. The second kappa shape index (κ2) is 8.44. The minimum absolute atomic E-state index is 0.135. The van der Waals surface area contributed by atoms with Crippen LogP contribution in [0.4, 0.5) is 5.69 Å². The Morgan fingerprint density at radius 2 is 1.94 bits per heavy atom. The van der Waals surface area contributed by atoms with Crippen molar-refractivity contribution in [2.45, 2.75) is 17.3 Å². The molecule has 0 aliphatic carbocycles. The number of aromatic nitrogens is 3. The summed E-state index contributed by atoms with van der Waals surface area (Å²) in [5.74, 6) is 1.93. The van der Waals surface area contributed by atoms with Crippen LogP contribution in [0.15, 0.2) is 71.2 Å². The van der Waals surface area contributed by atoms with E-state index in [1.165, 1.54) is 11.8 Å². The van der Waals surface area contributed by atoms with Crippen molar-refractivity contribution in [2.24, 2.45) is 0 Å². The number of fused-ring (bicyclic) bond motifs is 1. The van der Waals surface area contributed by atoms with Crippen LogP contribution in [0.5, 0.6) is 11.5 Å². The monoisotopic (exact) mass is 450 g/mol. The Hall–Kier alpha value is -3.30. The van der Waals surface area contributed by atoms with Gasteiger partial charge in [0, 0.05) is 17.4 Å². The molecule has 31 heavy (non-hydrogen) atoms. The topological polar surface area (TPSA) is 78.3 Å². The number of thiophene rings is 1. The zero-order valence-electron chi connectivity index (χ0n) is 16.5. The van der Waals surface area contributed by atoms with Gasteiger partial charge >= 0.3 is 0 Å². The normalized spacial score (nSPS) is 13.2. The fraction of sp³-hybridized carbons (Fsp3) is 0.136. The summed E-state index contributed by atoms with van der Waals surface area (Å²) in [6.07, 6.45) is 0. The number of ether oxygens (including phenoxy) is 2. The van der Waals surface area contributed by atoms with Crippen molar-refractivity contribution in [1.29, 1.82) is 0 Å². The summed E-state index contributed by atoms with van der Waals surface area (Å²) in [6, 6.07) is 19.3. The number of carbonyl (C=O) groups is 1. The number of rotatable bonds is 6. The second-order valence-corrected chi connectivity index (χ2v) is 9.03. The molecule has 1 amide bonds. The molecule has 0 unspecified atom stereocenters. The largest absolute Gasteiger partial charge is 0.454 e. The van der Waals surface area contributed by atoms with E-state index in [9.17, 15) is 4.79 Å². The number of amides is 1. The molecule has 0 saturated carbocycles. The number of anilines is 1. The van der Waals surface area contributed by atoms with Gasteiger partial charge in [-0.15, -0.1) is 21.5 Å². The van der Waals surface area contributed by atoms with Gasteiger partial charge < -0.3 is 14.8 Å². The van der Waals surface area contributed by atoms with E-state index in [2.05, 4.69) is 15.5 Å². The van der Waals surface area contributed by atoms with E-state index in [0.29, 0.717) is 22.3 Å². The van der Waals surface area contributed by atoms with Crippen molar-refractivity contribution in [2.75, 3.05) is 12.1 Å². The van der Waals surface area contributed by atoms with Crippen LogP contribution in [0.25, 0.3) is 16.4 Å². The highest BCUT2D eigenvalue weighted by Crippen LogP contribution is 2.35. The lowest BCUT2D eigenvalue weighted by Gasteiger charge is -2.14. The van der Waals surface area contributed by atoms with Crippen LogP contribution in [-0.4, -0.2) is 32.7 Å². The highest BCUT2D eigenvalue weighted by molar-refractivity contribution is 8.00. The fourth-order valence-electron chi connectivity index (χ4n) is 3.15. The van der Waals surface area contributed by atoms with Crippen molar-refractivity contribution in [3.05, 3.63) is 66.0 Å². The smallest absolute Gasteiger partial charge is 0.237 e. The van der Waals surface area contributed by atoms with Gasteiger partial charge in [-0.25, -0.2) is 0 Å². The molecule has 5 rings (SSSR count). The number of para-hydroxylation sites is 1. The summed E-state index contributed by atoms with van der Waals surface area (Å²) in [4.78, 5) is 13.9. The van der Waals surface area contributed by atoms with Crippen molar-refractivity contribution in [1.82, 2.24) is 14.8 Å². The second-order valence-electron chi connectivity index (χ2n) is 6.77. The standard InChI is InChI=1S/C22H18N4O3S2/c1-14(21(27)23-15-9-10-17-18(12-15)29-13-28-17)31-22-25-24-20(19-8-5-11-30-19)26(22)16-6-3-2-4-7-16/h2-12,14H,13H2,1H3,(H,23,27)/t14-/m1/s1. The number of thioether (sulfide) groups is 1. The van der Waals surface area contributed by atoms with E-state index in [4.69, 9.17) is 9.47 Å². The van der Waals surface area contributed by atoms with E-state index < -0.39 is 5.25 Å². The van der Waals surface area contributed by atoms with Crippen LogP contribution in [0.3, 0.4) is 0 Å². The Balaban J connectivity index is 1.38. The van der Waals surface area contributed by atoms with E-state index >= 15 is 0 Å². The molecular weight excluding hydrogens is 432 g/mol. The first-order valence-corrected chi connectivity index (χ1v) is 11.4. The van der Waals surface area contributed by atoms with Crippen molar-refractivity contribution in [3.63, 3.8) is 0 Å². The molecule has 156 valence electrons. The Labute approximate surface area is 187 Å². The Morgan fingerprint density at radius 3 is 2.74 bits per heavy atom. The summed E-state index contributed by atoms with van der Waals surface area (Å²) < 4.78 is 12.7. The molecule has 1 atom stereocenters. The molecule has 0 bridgehead atoms. The first-order chi connectivity index (χ1) is 15.2. The minimum atomic E-state index is -0.395. The lowest BCUT2D eigenvalue weighted by Crippen LogP contribution is -2.22. The van der Waals surface area contributed by atoms with Crippen LogP contribution in [0.2, 0.25) is 0 Å². The highest BCUT2D eigenvalue weighted by atomic mass is 32.2. The van der Waals surface area contributed by atoms with Gasteiger partial charge in [0.15, 0.2) is 22.5 Å². The van der Waals surface area contributed by atoms with Gasteiger partial charge in [-0.1, -0.05) is 36.0 Å². The van der Waals surface area contributed by atoms with Crippen molar-refractivity contribution in [3.8, 4) is 27.9 Å². The zero-order chi connectivity index (χ0) is 21.2. The molecule has 9 heteroatoms. The van der Waals surface area contributed by atoms with Gasteiger partial charge in [0.25, 0.3) is 0 Å². The molecule has 0 saturated heterocycles. The maximum absolute atomic E-state index is 12.8. The summed E-state index contributed by atoms with van der Waals surface area (Å²) in [5, 5.41) is 14.0. The van der Waals surface area contributed by atoms with E-state index in [1.54, 1.807) is 29.5 Å². The molecular formula is C22H18N4O3S2. The van der Waals surface area contributed by atoms with E-state index in [-0.39, 0.29) is 12.7 Å². The summed E-state index contributed by atoms with van der Waals surface area (Å²) in [6.45, 7) is 2.04. The van der Waals surface area contributed by atoms with Gasteiger partial charge in [0.2, 0.25) is 12.7 Å². The number of nitrogens with zero attached hydrogens (tertiary/aromatic N) is 3. The van der Waals surface area contributed by atoms with Gasteiger partial charge in [0.05, 0.1) is 10.1 Å². The Bertz CT molecular complexity index is 1210. The maximum atomic E-state index is 12.8. The zero-order valence-corrected chi connectivity index (χ0v) is 18.2. The third-order valence-corrected chi connectivity index (χ3v) is 6.59. The lowest BCUT2D eigenvalue weighted by molar-refractivity contribution is -0.115. The number of carbonyl (C=O) groups excluding carboxylic acids is 1. The SMILES string of the molecule is C[C@@H](Sc1nnc(-c2cccs2)n1-c1ccccc1)C(=O)Nc1ccc2c(c1)OCO2. The van der Waals surface area contributed by atoms with Crippen molar-refractivity contribution >= 4 is 34.7 Å². The molecule has 2 aromatic carbocycles. The van der Waals surface area contributed by atoms with Crippen molar-refractivity contribution < 1.29 is 14.3 Å². The predicted molar refractivity (Wildman–Crippen MR) is 121 cm³/mol. The molecule has 1 aliphatic rings. The molecule has 2 aromatic heterocycles. The molecule has 3 heterocycles. The predicted octanol–water partition coefficient (Wildman–Crippen LogP) is 4.84. The first-order valence-electron chi connectivity index (χ1n) is 9.61. The molecule has 1 aliphatic heterocycles. The average molecular weight is 451 g/mol. The Kier molecular flexibility index (Phi) is 5.35. The third kappa shape index (κ3) is 4.01. The van der Waals surface area contributed by atoms with Crippen LogP contribution >= 0.6 is 23.1 Å². The fourth-order valence-corrected chi connectivity index (χ4v) is 4.72. The number of benzene rings is 2. The molecule has 4 aromatic rings. The summed E-state index contributed by atoms with van der Waals surface area (Å²) >= 11 is 2.96. The van der Waals surface area contributed by atoms with Crippen LogP contribution in [0.1, 0.15) is 6.92 Å². The third-order valence-electron chi connectivity index (χ3n) is 4.68. The first kappa shape index (κ1) is 19.7. The van der Waals surface area contributed by atoms with E-state index in [1.807, 2.05) is 59.3 Å². The highest BCUT2D eigenvalue weighted by Gasteiger charge is 2.23. The molecule has 0 fully saturated rings. The van der Waals surface area contributed by atoms with Crippen LogP contribution in [-0.2, 0) is 4.79 Å². The quantitative estimate of drug-likeness (QED) is 0.424. The minimum Gasteiger partial charge on any atom is -0.454 e. The maximum Gasteiger partial charge on any atom is 0.237 e. The van der Waals surface area contributed by atoms with Crippen LogP contribution in [0, 0.1) is 0 Å². The molecule has 1 N–H and O–H groups in total. The summed E-state index contributed by atoms with van der Waals surface area (Å²) in [5.41, 5.74) is 1.60. The molecule has 0 radical (unpaired) electrons. The van der Waals surface area contributed by atoms with Gasteiger partial charge in [-0.2, -0.15) is 0 Å². The Morgan fingerprint density at radius 1 is 1.10 bits per heavy atom. The van der Waals surface area contributed by atoms with Gasteiger partial charge in [-0.05, 0) is 42.6 Å². The van der Waals surface area contributed by atoms with Gasteiger partial charge in [-0.3, -0.25) is 9.36 Å². The number of hydrogen-bond acceptors (Lipinski definition) is 7. The van der Waals surface area contributed by atoms with E-state index in [0.717, 1.165) is 16.4 Å². The van der Waals surface area contributed by atoms with Gasteiger partial charge in [0.1, 0.15) is 0 Å². The lowest BCUT2D eigenvalue weighted by atomic mass is 10.2. The summed E-state index contributed by atoms with van der Waals surface area (Å²) in [7, 11) is 0.